The molecule has 366 valence electrons. The average molecular weight is 944 g/mol. The van der Waals surface area contributed by atoms with E-state index in [1.54, 1.807) is 86.8 Å². The third-order valence-corrected chi connectivity index (χ3v) is 11.9. The van der Waals surface area contributed by atoms with E-state index < -0.39 is 153 Å². The Balaban J connectivity index is 0.0000150. The Morgan fingerprint density at radius 1 is 0.697 bits per heavy atom. The maximum absolute atomic E-state index is 12.6. The number of carboxylic acids is 1. The summed E-state index contributed by atoms with van der Waals surface area (Å²) in [5.41, 5.74) is 6.00. The molecule has 0 radical (unpaired) electrons. The summed E-state index contributed by atoms with van der Waals surface area (Å²) in [5, 5.41) is 110. The molecule has 0 aliphatic carbocycles. The Labute approximate surface area is 408 Å². The summed E-state index contributed by atoms with van der Waals surface area (Å²) in [5.74, 6) is -7.97. The number of cyclic esters (lactones) is 1. The molecule has 3 aliphatic heterocycles. The summed E-state index contributed by atoms with van der Waals surface area (Å²) in [6.45, 7) is 6.68. The third-order valence-electron chi connectivity index (χ3n) is 11.9. The molecule has 2 saturated heterocycles. The van der Waals surface area contributed by atoms with Crippen molar-refractivity contribution in [2.75, 3.05) is 0 Å². The molecule has 11 N–H and O–H groups in total. The van der Waals surface area contributed by atoms with Gasteiger partial charge in [-0.05, 0) is 26.7 Å². The molecule has 0 aromatic rings. The standard InChI is InChI=1S/C47H71NO17.Na/c1-27-17-15-13-11-9-7-5-6-8-10-12-14-16-18-34(64-46-44(58)41(48)43(57)30(4)63-46)24-38-40(45(59)60)37(54)26-47(61,65-38)25-36(53)35(52)20-19-31(49)21-32(50)22-33(51)23-39(55)62-29(3)28(2)42(27)56;/h5-18,27-31,33-38,40-44,46,49,51-54,56-58,61H,19-26,48H2,1-4H3,(H,59,60);/q;+1/p-1/b6-5+,9-7+,10-8+,13-11+,14-12+,17-15-,18-16+;. The normalized spacial score (nSPS) is 43.7. The van der Waals surface area contributed by atoms with Crippen molar-refractivity contribution in [2.45, 2.75) is 170 Å². The average Bonchev–Trinajstić information content (AvgIpc) is 3.21. The van der Waals surface area contributed by atoms with E-state index in [2.05, 4.69) is 0 Å². The molecule has 18 unspecified atom stereocenters. The number of aliphatic hydroxyl groups excluding tert-OH is 8. The van der Waals surface area contributed by atoms with Gasteiger partial charge in [-0.15, -0.1) is 0 Å². The Morgan fingerprint density at radius 2 is 1.23 bits per heavy atom. The smallest absolute Gasteiger partial charge is 0.550 e. The number of aliphatic hydroxyl groups is 9. The van der Waals surface area contributed by atoms with Crippen LogP contribution >= 0.6 is 0 Å². The maximum atomic E-state index is 12.6. The number of ketones is 1. The van der Waals surface area contributed by atoms with Crippen molar-refractivity contribution < 1.29 is 114 Å². The van der Waals surface area contributed by atoms with Gasteiger partial charge in [-0.25, -0.2) is 0 Å². The van der Waals surface area contributed by atoms with Crippen LogP contribution in [0.1, 0.15) is 79.1 Å². The molecule has 18 nitrogen and oxygen atoms in total. The zero-order chi connectivity index (χ0) is 48.4. The molecular weight excluding hydrogens is 873 g/mol. The van der Waals surface area contributed by atoms with Crippen LogP contribution in [0.5, 0.6) is 0 Å². The zero-order valence-corrected chi connectivity index (χ0v) is 40.4. The zero-order valence-electron chi connectivity index (χ0n) is 38.4. The summed E-state index contributed by atoms with van der Waals surface area (Å²) >= 11 is 0. The van der Waals surface area contributed by atoms with Crippen molar-refractivity contribution >= 4 is 17.7 Å². The number of Topliss-reactive ketones (excluding diaryl/α,β-unsaturated/α-hetero) is 1. The first-order chi connectivity index (χ1) is 30.6. The Morgan fingerprint density at radius 3 is 1.80 bits per heavy atom. The molecule has 3 rings (SSSR count). The number of hydrogen-bond donors (Lipinski definition) is 10. The van der Waals surface area contributed by atoms with E-state index in [4.69, 9.17) is 24.7 Å². The fraction of sp³-hybridized carbons (Fsp3) is 0.638. The van der Waals surface area contributed by atoms with Gasteiger partial charge in [0.05, 0.1) is 79.4 Å². The molecule has 66 heavy (non-hydrogen) atoms. The number of esters is 1. The van der Waals surface area contributed by atoms with Gasteiger partial charge in [0, 0.05) is 49.9 Å². The second kappa shape index (κ2) is 29.3. The van der Waals surface area contributed by atoms with Gasteiger partial charge in [0.15, 0.2) is 12.1 Å². The molecule has 0 aromatic carbocycles. The Hall–Kier alpha value is -2.73. The summed E-state index contributed by atoms with van der Waals surface area (Å²) < 4.78 is 23.0. The fourth-order valence-electron chi connectivity index (χ4n) is 7.80. The number of ether oxygens (including phenoxy) is 4. The molecule has 3 heterocycles. The molecule has 2 bridgehead atoms. The molecule has 18 atom stereocenters. The number of rotatable bonds is 3. The number of fused-ring (bicyclic) bond motifs is 2. The SMILES string of the molecule is CC1\C=C/C=C/C=C/C=C/C=C/C=C/C=C/C(OC2OC(C)C(O)C(N)C2O)CC2OC(O)(CC(O)C(O)CCC(O)CC(=O)CC(O)CC(=O)OC(C)C(C)C1O)CC(O)C2C(=O)[O-].[Na+]. The van der Waals surface area contributed by atoms with E-state index in [9.17, 15) is 65.4 Å². The first-order valence-corrected chi connectivity index (χ1v) is 22.1. The van der Waals surface area contributed by atoms with Crippen molar-refractivity contribution in [3.05, 3.63) is 85.1 Å². The van der Waals surface area contributed by atoms with E-state index in [0.717, 1.165) is 0 Å². The number of nitrogens with two attached hydrogens (primary N) is 1. The van der Waals surface area contributed by atoms with E-state index >= 15 is 0 Å². The molecular formula is C47H70NNaO17. The van der Waals surface area contributed by atoms with E-state index in [1.807, 2.05) is 13.0 Å². The minimum absolute atomic E-state index is 0. The largest absolute Gasteiger partial charge is 1.00 e. The predicted molar refractivity (Wildman–Crippen MR) is 233 cm³/mol. The molecule has 3 aliphatic rings. The van der Waals surface area contributed by atoms with Gasteiger partial charge >= 0.3 is 35.5 Å². The third kappa shape index (κ3) is 19.7. The van der Waals surface area contributed by atoms with Crippen LogP contribution in [0, 0.1) is 17.8 Å². The van der Waals surface area contributed by atoms with Crippen LogP contribution < -0.4 is 40.4 Å². The number of carbonyl (C=O) groups is 3. The number of aliphatic carboxylic acids is 1. The van der Waals surface area contributed by atoms with Gasteiger partial charge < -0.3 is 80.5 Å². The Kier molecular flexibility index (Phi) is 26.4. The van der Waals surface area contributed by atoms with Gasteiger partial charge in [0.2, 0.25) is 0 Å². The van der Waals surface area contributed by atoms with E-state index in [0.29, 0.717) is 0 Å². The van der Waals surface area contributed by atoms with E-state index in [-0.39, 0.29) is 54.7 Å². The molecule has 0 aromatic heterocycles. The van der Waals surface area contributed by atoms with Crippen LogP contribution in [0.3, 0.4) is 0 Å². The van der Waals surface area contributed by atoms with Crippen LogP contribution in [0.15, 0.2) is 85.1 Å². The van der Waals surface area contributed by atoms with Gasteiger partial charge in [0.25, 0.3) is 0 Å². The minimum Gasteiger partial charge on any atom is -0.550 e. The van der Waals surface area contributed by atoms with Crippen molar-refractivity contribution in [1.82, 2.24) is 0 Å². The van der Waals surface area contributed by atoms with Gasteiger partial charge in [-0.1, -0.05) is 98.9 Å². The van der Waals surface area contributed by atoms with Gasteiger partial charge in [-0.2, -0.15) is 0 Å². The summed E-state index contributed by atoms with van der Waals surface area (Å²) in [6, 6.07) is -1.16. The van der Waals surface area contributed by atoms with Crippen molar-refractivity contribution in [3.63, 3.8) is 0 Å². The first-order valence-electron chi connectivity index (χ1n) is 22.1. The Bertz CT molecular complexity index is 1720. The number of hydrogen-bond acceptors (Lipinski definition) is 18. The number of carbonyl (C=O) groups excluding carboxylic acids is 3. The van der Waals surface area contributed by atoms with E-state index in [1.165, 1.54) is 13.0 Å². The van der Waals surface area contributed by atoms with Crippen LogP contribution in [-0.2, 0) is 33.3 Å². The van der Waals surface area contributed by atoms with Crippen molar-refractivity contribution in [3.8, 4) is 0 Å². The van der Waals surface area contributed by atoms with Crippen LogP contribution in [-0.4, -0.2) is 155 Å². The molecule has 19 heteroatoms. The second-order valence-electron chi connectivity index (χ2n) is 17.4. The second-order valence-corrected chi connectivity index (χ2v) is 17.4. The molecule has 0 saturated carbocycles. The number of carboxylic acid groups (broad SMARTS) is 1. The fourth-order valence-corrected chi connectivity index (χ4v) is 7.80. The quantitative estimate of drug-likeness (QED) is 0.0974. The van der Waals surface area contributed by atoms with Crippen LogP contribution in [0.2, 0.25) is 0 Å². The molecule has 2 fully saturated rings. The van der Waals surface area contributed by atoms with Crippen molar-refractivity contribution in [1.29, 1.82) is 0 Å². The molecule has 0 spiro atoms. The van der Waals surface area contributed by atoms with Gasteiger partial charge in [0.1, 0.15) is 18.0 Å². The maximum Gasteiger partial charge on any atom is 1.00 e. The topological polar surface area (TPSA) is 319 Å². The van der Waals surface area contributed by atoms with Gasteiger partial charge in [-0.3, -0.25) is 9.59 Å². The summed E-state index contributed by atoms with van der Waals surface area (Å²) in [4.78, 5) is 37.6. The summed E-state index contributed by atoms with van der Waals surface area (Å²) in [6.07, 6.45) is 3.27. The predicted octanol–water partition coefficient (Wildman–Crippen LogP) is -3.41. The monoisotopic (exact) mass is 943 g/mol. The van der Waals surface area contributed by atoms with Crippen LogP contribution in [0.4, 0.5) is 0 Å². The molecule has 0 amide bonds. The number of allylic oxidation sites excluding steroid dienone is 12. The summed E-state index contributed by atoms with van der Waals surface area (Å²) in [7, 11) is 0. The van der Waals surface area contributed by atoms with Crippen molar-refractivity contribution in [2.24, 2.45) is 23.5 Å². The first kappa shape index (κ1) is 59.4. The minimum atomic E-state index is -2.40. The van der Waals surface area contributed by atoms with Crippen LogP contribution in [0.25, 0.3) is 0 Å².